The highest BCUT2D eigenvalue weighted by molar-refractivity contribution is 9.10. The second-order valence-electron chi connectivity index (χ2n) is 5.03. The molecule has 0 fully saturated rings. The molecule has 0 aliphatic carbocycles. The van der Waals surface area contributed by atoms with Gasteiger partial charge in [0.05, 0.1) is 22.2 Å². The molecule has 0 amide bonds. The zero-order valence-corrected chi connectivity index (χ0v) is 15.9. The number of anilines is 1. The Bertz CT molecular complexity index is 1130. The van der Waals surface area contributed by atoms with Crippen molar-refractivity contribution >= 4 is 54.2 Å². The van der Waals surface area contributed by atoms with Crippen molar-refractivity contribution in [3.8, 4) is 5.75 Å². The van der Waals surface area contributed by atoms with Crippen molar-refractivity contribution in [1.29, 1.82) is 0 Å². The van der Waals surface area contributed by atoms with Gasteiger partial charge in [0.2, 0.25) is 0 Å². The maximum absolute atomic E-state index is 12.7. The van der Waals surface area contributed by atoms with Crippen molar-refractivity contribution in [2.45, 2.75) is 4.90 Å². The summed E-state index contributed by atoms with van der Waals surface area (Å²) < 4.78 is 38.6. The Kier molecular flexibility index (Phi) is 4.77. The molecule has 0 aliphatic rings. The van der Waals surface area contributed by atoms with Crippen LogP contribution in [0.5, 0.6) is 5.75 Å². The Labute approximate surface area is 156 Å². The molecule has 0 unspecified atom stereocenters. The second-order valence-corrected chi connectivity index (χ2v) is 8.00. The van der Waals surface area contributed by atoms with E-state index in [1.54, 1.807) is 6.07 Å². The molecule has 1 N–H and O–H groups in total. The molecule has 0 spiro atoms. The average molecular weight is 445 g/mol. The number of halogens is 2. The topological polar surface area (TPSA) is 85.6 Å². The number of hydrogen-bond donors (Lipinski definition) is 1. The predicted octanol–water partition coefficient (Wildman–Crippen LogP) is 4.02. The van der Waals surface area contributed by atoms with Gasteiger partial charge in [0, 0.05) is 16.5 Å². The second kappa shape index (κ2) is 6.70. The van der Waals surface area contributed by atoms with Crippen molar-refractivity contribution < 1.29 is 17.6 Å². The molecular formula is C16H11BrClNO5S. The zero-order chi connectivity index (χ0) is 18.2. The lowest BCUT2D eigenvalue weighted by Crippen LogP contribution is -2.14. The fourth-order valence-corrected chi connectivity index (χ4v) is 4.32. The third kappa shape index (κ3) is 3.65. The van der Waals surface area contributed by atoms with E-state index in [1.807, 2.05) is 0 Å². The first-order valence-electron chi connectivity index (χ1n) is 6.90. The van der Waals surface area contributed by atoms with Crippen LogP contribution >= 0.6 is 27.5 Å². The highest BCUT2D eigenvalue weighted by Crippen LogP contribution is 2.37. The first kappa shape index (κ1) is 17.8. The van der Waals surface area contributed by atoms with Crippen LogP contribution in [0.4, 0.5) is 5.69 Å². The molecule has 0 atom stereocenters. The largest absolute Gasteiger partial charge is 0.493 e. The number of fused-ring (bicyclic) bond motifs is 1. The summed E-state index contributed by atoms with van der Waals surface area (Å²) in [6, 6.07) is 9.95. The van der Waals surface area contributed by atoms with Crippen LogP contribution in [-0.2, 0) is 10.0 Å². The van der Waals surface area contributed by atoms with E-state index < -0.39 is 15.6 Å². The minimum atomic E-state index is -3.91. The summed E-state index contributed by atoms with van der Waals surface area (Å²) in [5.74, 6) is 0.305. The Balaban J connectivity index is 2.06. The van der Waals surface area contributed by atoms with Crippen LogP contribution in [0.1, 0.15) is 0 Å². The summed E-state index contributed by atoms with van der Waals surface area (Å²) in [5, 5.41) is 0.826. The summed E-state index contributed by atoms with van der Waals surface area (Å²) >= 11 is 9.26. The number of rotatable bonds is 4. The van der Waals surface area contributed by atoms with Gasteiger partial charge in [-0.15, -0.1) is 0 Å². The Morgan fingerprint density at radius 3 is 2.64 bits per heavy atom. The molecule has 1 heterocycles. The summed E-state index contributed by atoms with van der Waals surface area (Å²) in [6.45, 7) is 0. The van der Waals surface area contributed by atoms with Crippen LogP contribution in [0.3, 0.4) is 0 Å². The van der Waals surface area contributed by atoms with Crippen LogP contribution in [0.2, 0.25) is 5.02 Å². The van der Waals surface area contributed by atoms with Gasteiger partial charge in [0.1, 0.15) is 5.58 Å². The lowest BCUT2D eigenvalue weighted by Gasteiger charge is -2.14. The average Bonchev–Trinajstić information content (AvgIpc) is 2.53. The van der Waals surface area contributed by atoms with Crippen LogP contribution in [-0.4, -0.2) is 15.5 Å². The normalized spacial score (nSPS) is 11.5. The van der Waals surface area contributed by atoms with E-state index in [-0.39, 0.29) is 10.6 Å². The van der Waals surface area contributed by atoms with Gasteiger partial charge in [-0.3, -0.25) is 4.72 Å². The minimum Gasteiger partial charge on any atom is -0.493 e. The molecule has 2 aromatic carbocycles. The predicted molar refractivity (Wildman–Crippen MR) is 99.0 cm³/mol. The quantitative estimate of drug-likeness (QED) is 0.614. The molecule has 9 heteroatoms. The Morgan fingerprint density at radius 1 is 1.16 bits per heavy atom. The molecule has 3 aromatic rings. The monoisotopic (exact) mass is 443 g/mol. The number of methoxy groups -OCH3 is 1. The van der Waals surface area contributed by atoms with Crippen LogP contribution in [0.25, 0.3) is 11.0 Å². The van der Waals surface area contributed by atoms with Gasteiger partial charge in [-0.1, -0.05) is 11.6 Å². The lowest BCUT2D eigenvalue weighted by molar-refractivity contribution is 0.414. The Hall–Kier alpha value is -2.03. The van der Waals surface area contributed by atoms with Crippen LogP contribution < -0.4 is 15.1 Å². The van der Waals surface area contributed by atoms with E-state index in [9.17, 15) is 13.2 Å². The number of nitrogens with one attached hydrogen (secondary N) is 1. The number of sulfonamides is 1. The maximum atomic E-state index is 12.7. The van der Waals surface area contributed by atoms with Gasteiger partial charge in [-0.25, -0.2) is 13.2 Å². The summed E-state index contributed by atoms with van der Waals surface area (Å²) in [6.07, 6.45) is 0. The van der Waals surface area contributed by atoms with Crippen molar-refractivity contribution in [3.63, 3.8) is 0 Å². The third-order valence-electron chi connectivity index (χ3n) is 3.36. The standard InChI is InChI=1S/C16H11BrClNO5S/c1-23-16-12(17)7-10(18)8-13(16)19-25(21,22)11-3-4-14-9(6-11)2-5-15(20)24-14/h2-8,19H,1H3. The highest BCUT2D eigenvalue weighted by Gasteiger charge is 2.19. The van der Waals surface area contributed by atoms with E-state index >= 15 is 0 Å². The molecule has 0 radical (unpaired) electrons. The minimum absolute atomic E-state index is 0.00648. The summed E-state index contributed by atoms with van der Waals surface area (Å²) in [7, 11) is -2.49. The molecule has 6 nitrogen and oxygen atoms in total. The van der Waals surface area contributed by atoms with Gasteiger partial charge in [-0.2, -0.15) is 0 Å². The molecule has 1 aromatic heterocycles. The van der Waals surface area contributed by atoms with Gasteiger partial charge < -0.3 is 9.15 Å². The molecule has 3 rings (SSSR count). The first-order chi connectivity index (χ1) is 11.8. The van der Waals surface area contributed by atoms with Gasteiger partial charge >= 0.3 is 5.63 Å². The van der Waals surface area contributed by atoms with E-state index in [0.29, 0.717) is 26.2 Å². The van der Waals surface area contributed by atoms with Crippen LogP contribution in [0, 0.1) is 0 Å². The summed E-state index contributed by atoms with van der Waals surface area (Å²) in [5.41, 5.74) is -0.00848. The zero-order valence-electron chi connectivity index (χ0n) is 12.7. The van der Waals surface area contributed by atoms with Crippen molar-refractivity contribution in [3.05, 3.63) is 62.4 Å². The van der Waals surface area contributed by atoms with Gasteiger partial charge in [0.15, 0.2) is 5.75 Å². The lowest BCUT2D eigenvalue weighted by atomic mass is 10.2. The third-order valence-corrected chi connectivity index (χ3v) is 5.53. The molecule has 0 bridgehead atoms. The molecule has 0 saturated carbocycles. The van der Waals surface area contributed by atoms with Crippen molar-refractivity contribution in [2.75, 3.05) is 11.8 Å². The molecule has 0 saturated heterocycles. The van der Waals surface area contributed by atoms with Crippen LogP contribution in [0.15, 0.2) is 61.0 Å². The van der Waals surface area contributed by atoms with Gasteiger partial charge in [-0.05, 0) is 52.3 Å². The molecule has 0 aliphatic heterocycles. The van der Waals surface area contributed by atoms with E-state index in [1.165, 1.54) is 43.5 Å². The fourth-order valence-electron chi connectivity index (χ4n) is 2.26. The van der Waals surface area contributed by atoms with E-state index in [2.05, 4.69) is 20.7 Å². The summed E-state index contributed by atoms with van der Waals surface area (Å²) in [4.78, 5) is 11.2. The number of benzene rings is 2. The SMILES string of the molecule is COc1c(Br)cc(Cl)cc1NS(=O)(=O)c1ccc2oc(=O)ccc2c1. The highest BCUT2D eigenvalue weighted by atomic mass is 79.9. The van der Waals surface area contributed by atoms with E-state index in [4.69, 9.17) is 20.8 Å². The molecular weight excluding hydrogens is 434 g/mol. The molecule has 25 heavy (non-hydrogen) atoms. The van der Waals surface area contributed by atoms with Crippen molar-refractivity contribution in [2.24, 2.45) is 0 Å². The van der Waals surface area contributed by atoms with E-state index in [0.717, 1.165) is 0 Å². The Morgan fingerprint density at radius 2 is 1.92 bits per heavy atom. The van der Waals surface area contributed by atoms with Crippen molar-refractivity contribution in [1.82, 2.24) is 0 Å². The fraction of sp³-hybridized carbons (Fsp3) is 0.0625. The smallest absolute Gasteiger partial charge is 0.336 e. The number of ether oxygens (including phenoxy) is 1. The number of hydrogen-bond acceptors (Lipinski definition) is 5. The molecule has 130 valence electrons. The van der Waals surface area contributed by atoms with Gasteiger partial charge in [0.25, 0.3) is 10.0 Å². The first-order valence-corrected chi connectivity index (χ1v) is 9.55. The maximum Gasteiger partial charge on any atom is 0.336 e.